The number of benzene rings is 4. The third-order valence-electron chi connectivity index (χ3n) is 8.00. The molecule has 6 aromatic rings. The Morgan fingerprint density at radius 2 is 1.19 bits per heavy atom. The molecule has 2 amide bonds. The van der Waals surface area contributed by atoms with E-state index in [1.165, 1.54) is 22.7 Å². The average Bonchev–Trinajstić information content (AvgIpc) is 4.09. The van der Waals surface area contributed by atoms with E-state index in [2.05, 4.69) is 54.9 Å². The maximum absolute atomic E-state index is 12.9. The minimum Gasteiger partial charge on any atom is -0.445 e. The summed E-state index contributed by atoms with van der Waals surface area (Å²) >= 11 is 10.0. The Kier molecular flexibility index (Phi) is 28.4. The SMILES string of the molecule is CC.CC.CC.CC1CCC(C(=O)Nc2nc(-c3ccccc3)cs2)N1C(=O)OCc1ccccc1.NC(N)=S.Nc1nc(-c2ccccc2)cs1.O=C(CBr)c1ccccc1. The van der Waals surface area contributed by atoms with E-state index in [-0.39, 0.29) is 29.5 Å². The van der Waals surface area contributed by atoms with E-state index in [4.69, 9.17) is 10.5 Å². The molecule has 3 heterocycles. The number of aromatic nitrogens is 2. The highest BCUT2D eigenvalue weighted by Gasteiger charge is 2.40. The molecule has 62 heavy (non-hydrogen) atoms. The van der Waals surface area contributed by atoms with Crippen molar-refractivity contribution in [3.8, 4) is 22.5 Å². The van der Waals surface area contributed by atoms with E-state index >= 15 is 0 Å². The number of nitrogens with zero attached hydrogens (tertiary/aromatic N) is 3. The summed E-state index contributed by atoms with van der Waals surface area (Å²) in [6.07, 6.45) is 0.892. The van der Waals surface area contributed by atoms with Crippen molar-refractivity contribution in [1.82, 2.24) is 14.9 Å². The predicted molar refractivity (Wildman–Crippen MR) is 269 cm³/mol. The first-order valence-electron chi connectivity index (χ1n) is 20.3. The topological polar surface area (TPSA) is 180 Å². The molecule has 1 aliphatic rings. The van der Waals surface area contributed by atoms with Gasteiger partial charge in [-0.3, -0.25) is 14.5 Å². The van der Waals surface area contributed by atoms with Crippen LogP contribution in [0.4, 0.5) is 15.1 Å². The van der Waals surface area contributed by atoms with E-state index in [9.17, 15) is 14.4 Å². The van der Waals surface area contributed by atoms with Crippen LogP contribution in [0.2, 0.25) is 0 Å². The second-order valence-corrected chi connectivity index (χ2v) is 14.8. The number of thiazole rings is 2. The van der Waals surface area contributed by atoms with Crippen molar-refractivity contribution in [2.24, 2.45) is 11.5 Å². The van der Waals surface area contributed by atoms with Crippen molar-refractivity contribution in [3.63, 3.8) is 0 Å². The summed E-state index contributed by atoms with van der Waals surface area (Å²) in [5.41, 5.74) is 20.3. The number of halogens is 1. The lowest BCUT2D eigenvalue weighted by molar-refractivity contribution is -0.120. The fourth-order valence-corrected chi connectivity index (χ4v) is 6.95. The lowest BCUT2D eigenvalue weighted by Gasteiger charge is -2.26. The van der Waals surface area contributed by atoms with E-state index in [0.29, 0.717) is 22.0 Å². The zero-order chi connectivity index (χ0) is 46.3. The van der Waals surface area contributed by atoms with Gasteiger partial charge in [-0.2, -0.15) is 0 Å². The van der Waals surface area contributed by atoms with Crippen LogP contribution in [0.25, 0.3) is 22.5 Å². The van der Waals surface area contributed by atoms with E-state index in [1.807, 2.05) is 181 Å². The van der Waals surface area contributed by atoms with Crippen LogP contribution in [-0.2, 0) is 16.1 Å². The van der Waals surface area contributed by atoms with Gasteiger partial charge in [0.25, 0.3) is 0 Å². The maximum Gasteiger partial charge on any atom is 0.411 e. The van der Waals surface area contributed by atoms with Gasteiger partial charge >= 0.3 is 6.09 Å². The number of nitrogen functional groups attached to an aromatic ring is 1. The van der Waals surface area contributed by atoms with Crippen LogP contribution < -0.4 is 22.5 Å². The average molecular weight is 963 g/mol. The second-order valence-electron chi connectivity index (χ2n) is 12.0. The predicted octanol–water partition coefficient (Wildman–Crippen LogP) is 11.9. The number of Topliss-reactive ketones (excluding diaryl/α,β-unsaturated/α-hetero) is 1. The molecule has 332 valence electrons. The zero-order valence-corrected chi connectivity index (χ0v) is 40.5. The standard InChI is InChI=1S/C23H23N3O3S.C9H8N2S.C8H7BrO.3C2H6.CH4N2S/c1-16-12-13-20(26(16)23(28)29-14-17-8-4-2-5-9-17)21(27)25-22-24-19(15-30-22)18-10-6-3-7-11-18;10-9-11-8(6-12-9)7-4-2-1-3-5-7;9-6-8(10)7-4-2-1-3-5-7;3*1-2;2-1(3)4/h2-11,15-16,20H,12-14H2,1H3,(H,24,25,27);1-6H,(H2,10,11);1-5H,6H2;3*1-2H3;(H4,2,3,4). The summed E-state index contributed by atoms with van der Waals surface area (Å²) in [4.78, 5) is 46.8. The summed E-state index contributed by atoms with van der Waals surface area (Å²) < 4.78 is 5.47. The number of likely N-dealkylation sites (tertiary alicyclic amines) is 1. The molecule has 2 unspecified atom stereocenters. The van der Waals surface area contributed by atoms with Gasteiger partial charge in [-0.1, -0.05) is 179 Å². The largest absolute Gasteiger partial charge is 0.445 e. The molecule has 1 aliphatic heterocycles. The summed E-state index contributed by atoms with van der Waals surface area (Å²) in [5.74, 6) is -0.106. The number of carbonyl (C=O) groups is 3. The Morgan fingerprint density at radius 1 is 0.742 bits per heavy atom. The molecule has 0 saturated carbocycles. The number of hydrogen-bond donors (Lipinski definition) is 4. The van der Waals surface area contributed by atoms with Crippen LogP contribution in [0, 0.1) is 0 Å². The van der Waals surface area contributed by atoms with Gasteiger partial charge in [-0.05, 0) is 37.5 Å². The monoisotopic (exact) mass is 961 g/mol. The summed E-state index contributed by atoms with van der Waals surface area (Å²) in [6.45, 7) is 14.1. The number of ether oxygens (including phenoxy) is 1. The Balaban J connectivity index is 0.000000491. The van der Waals surface area contributed by atoms with Crippen LogP contribution in [0.3, 0.4) is 0 Å². The van der Waals surface area contributed by atoms with Crippen molar-refractivity contribution in [2.45, 2.75) is 80.0 Å². The molecule has 0 bridgehead atoms. The van der Waals surface area contributed by atoms with Gasteiger partial charge in [-0.15, -0.1) is 22.7 Å². The van der Waals surface area contributed by atoms with E-state index in [1.54, 1.807) is 4.90 Å². The number of nitrogens with one attached hydrogen (secondary N) is 1. The fraction of sp³-hybridized carbons (Fsp3) is 0.277. The van der Waals surface area contributed by atoms with Crippen LogP contribution >= 0.6 is 50.8 Å². The minimum absolute atomic E-state index is 0.000000000000000222. The molecule has 15 heteroatoms. The number of alkyl halides is 1. The highest BCUT2D eigenvalue weighted by Crippen LogP contribution is 2.29. The fourth-order valence-electron chi connectivity index (χ4n) is 5.33. The van der Waals surface area contributed by atoms with Gasteiger partial charge in [0, 0.05) is 33.5 Å². The minimum atomic E-state index is -0.563. The molecule has 11 nitrogen and oxygen atoms in total. The normalized spacial score (nSPS) is 12.9. The Morgan fingerprint density at radius 3 is 1.66 bits per heavy atom. The smallest absolute Gasteiger partial charge is 0.411 e. The van der Waals surface area contributed by atoms with Crippen LogP contribution in [0.1, 0.15) is 77.2 Å². The highest BCUT2D eigenvalue weighted by molar-refractivity contribution is 9.09. The second kappa shape index (κ2) is 32.3. The molecule has 7 N–H and O–H groups in total. The van der Waals surface area contributed by atoms with Crippen molar-refractivity contribution in [1.29, 1.82) is 0 Å². The van der Waals surface area contributed by atoms with Gasteiger partial charge < -0.3 is 27.3 Å². The number of carbonyl (C=O) groups excluding carboxylic acids is 3. The molecule has 0 spiro atoms. The van der Waals surface area contributed by atoms with Crippen LogP contribution in [0.15, 0.2) is 132 Å². The lowest BCUT2D eigenvalue weighted by atomic mass is 10.2. The zero-order valence-electron chi connectivity index (χ0n) is 36.5. The summed E-state index contributed by atoms with van der Waals surface area (Å²) in [5, 5.41) is 8.29. The molecular weight excluding hydrogens is 903 g/mol. The van der Waals surface area contributed by atoms with Crippen molar-refractivity contribution < 1.29 is 19.1 Å². The number of anilines is 2. The summed E-state index contributed by atoms with van der Waals surface area (Å²) in [7, 11) is 0. The van der Waals surface area contributed by atoms with E-state index < -0.39 is 12.1 Å². The number of amides is 2. The molecule has 1 fully saturated rings. The van der Waals surface area contributed by atoms with Gasteiger partial charge in [0.2, 0.25) is 5.91 Å². The quantitative estimate of drug-likeness (QED) is 0.0651. The first-order valence-corrected chi connectivity index (χ1v) is 23.6. The maximum atomic E-state index is 12.9. The molecule has 7 rings (SSSR count). The molecular formula is C47H60BrN7O4S3. The number of rotatable bonds is 8. The van der Waals surface area contributed by atoms with Gasteiger partial charge in [0.15, 0.2) is 21.2 Å². The van der Waals surface area contributed by atoms with Gasteiger partial charge in [0.1, 0.15) is 12.6 Å². The molecule has 0 aliphatic carbocycles. The third-order valence-corrected chi connectivity index (χ3v) is 9.94. The Labute approximate surface area is 389 Å². The number of thiocarbonyl (C=S) groups is 1. The Hall–Kier alpha value is -5.48. The Bertz CT molecular complexity index is 2120. The lowest BCUT2D eigenvalue weighted by Crippen LogP contribution is -2.46. The third kappa shape index (κ3) is 19.9. The number of hydrogen-bond acceptors (Lipinski definition) is 10. The van der Waals surface area contributed by atoms with Crippen LogP contribution in [-0.4, -0.2) is 55.2 Å². The highest BCUT2D eigenvalue weighted by atomic mass is 79.9. The van der Waals surface area contributed by atoms with Crippen molar-refractivity contribution in [2.75, 3.05) is 16.4 Å². The van der Waals surface area contributed by atoms with Gasteiger partial charge in [-0.25, -0.2) is 14.8 Å². The molecule has 4 aromatic carbocycles. The first-order chi connectivity index (χ1) is 30.0. The molecule has 1 saturated heterocycles. The van der Waals surface area contributed by atoms with Crippen molar-refractivity contribution >= 4 is 84.0 Å². The van der Waals surface area contributed by atoms with Crippen LogP contribution in [0.5, 0.6) is 0 Å². The van der Waals surface area contributed by atoms with E-state index in [0.717, 1.165) is 40.1 Å². The molecule has 2 atom stereocenters. The number of ketones is 1. The summed E-state index contributed by atoms with van der Waals surface area (Å²) in [6, 6.07) is 37.9. The van der Waals surface area contributed by atoms with Crippen molar-refractivity contribution in [3.05, 3.63) is 143 Å². The number of nitrogens with two attached hydrogens (primary N) is 3. The molecule has 2 aromatic heterocycles. The van der Waals surface area contributed by atoms with Gasteiger partial charge in [0.05, 0.1) is 16.7 Å². The molecule has 0 radical (unpaired) electrons. The first kappa shape index (κ1) is 54.5.